The fourth-order valence-electron chi connectivity index (χ4n) is 3.08. The van der Waals surface area contributed by atoms with Gasteiger partial charge in [-0.15, -0.1) is 0 Å². The number of carbonyl (C=O) groups excluding carboxylic acids is 1. The van der Waals surface area contributed by atoms with Crippen molar-refractivity contribution in [3.63, 3.8) is 0 Å². The lowest BCUT2D eigenvalue weighted by Crippen LogP contribution is -2.40. The van der Waals surface area contributed by atoms with Crippen molar-refractivity contribution in [3.05, 3.63) is 0 Å². The SMILES string of the molecule is CCC1C[C@H](C(=O)NC(C)C2CC2)[C@H](C(=O)O)C1. The van der Waals surface area contributed by atoms with Gasteiger partial charge in [0.1, 0.15) is 0 Å². The zero-order valence-corrected chi connectivity index (χ0v) is 11.2. The van der Waals surface area contributed by atoms with Crippen LogP contribution in [-0.2, 0) is 9.59 Å². The smallest absolute Gasteiger partial charge is 0.307 e. The highest BCUT2D eigenvalue weighted by molar-refractivity contribution is 5.85. The molecule has 0 aromatic rings. The lowest BCUT2D eigenvalue weighted by Gasteiger charge is -2.19. The van der Waals surface area contributed by atoms with Gasteiger partial charge in [0.2, 0.25) is 5.91 Å². The summed E-state index contributed by atoms with van der Waals surface area (Å²) in [7, 11) is 0. The first-order valence-corrected chi connectivity index (χ1v) is 7.06. The maximum absolute atomic E-state index is 12.2. The van der Waals surface area contributed by atoms with Crippen LogP contribution in [0.4, 0.5) is 0 Å². The number of amides is 1. The van der Waals surface area contributed by atoms with E-state index in [-0.39, 0.29) is 17.9 Å². The molecule has 0 bridgehead atoms. The van der Waals surface area contributed by atoms with Crippen molar-refractivity contribution in [1.29, 1.82) is 0 Å². The minimum Gasteiger partial charge on any atom is -0.481 e. The van der Waals surface area contributed by atoms with E-state index in [1.807, 2.05) is 6.92 Å². The van der Waals surface area contributed by atoms with Crippen LogP contribution in [0.5, 0.6) is 0 Å². The summed E-state index contributed by atoms with van der Waals surface area (Å²) in [5, 5.41) is 12.2. The van der Waals surface area contributed by atoms with Crippen LogP contribution in [0.2, 0.25) is 0 Å². The van der Waals surface area contributed by atoms with Crippen LogP contribution >= 0.6 is 0 Å². The third-order valence-corrected chi connectivity index (χ3v) is 4.59. The predicted octanol–water partition coefficient (Wildman–Crippen LogP) is 2.04. The lowest BCUT2D eigenvalue weighted by atomic mass is 9.95. The molecule has 1 amide bonds. The van der Waals surface area contributed by atoms with Crippen molar-refractivity contribution < 1.29 is 14.7 Å². The van der Waals surface area contributed by atoms with Gasteiger partial charge in [-0.2, -0.15) is 0 Å². The summed E-state index contributed by atoms with van der Waals surface area (Å²) in [6, 6.07) is 0.202. The van der Waals surface area contributed by atoms with Crippen LogP contribution in [0, 0.1) is 23.7 Å². The highest BCUT2D eigenvalue weighted by atomic mass is 16.4. The Balaban J connectivity index is 1.95. The van der Waals surface area contributed by atoms with E-state index in [0.717, 1.165) is 12.8 Å². The van der Waals surface area contributed by atoms with E-state index in [9.17, 15) is 14.7 Å². The molecule has 102 valence electrons. The summed E-state index contributed by atoms with van der Waals surface area (Å²) >= 11 is 0. The van der Waals surface area contributed by atoms with Crippen LogP contribution in [-0.4, -0.2) is 23.0 Å². The van der Waals surface area contributed by atoms with Crippen molar-refractivity contribution in [1.82, 2.24) is 5.32 Å². The quantitative estimate of drug-likeness (QED) is 0.788. The molecule has 0 heterocycles. The zero-order valence-electron chi connectivity index (χ0n) is 11.2. The Morgan fingerprint density at radius 1 is 1.28 bits per heavy atom. The summed E-state index contributed by atoms with van der Waals surface area (Å²) in [4.78, 5) is 23.4. The number of carboxylic acid groups (broad SMARTS) is 1. The molecule has 0 saturated heterocycles. The maximum atomic E-state index is 12.2. The Morgan fingerprint density at radius 2 is 1.89 bits per heavy atom. The first-order valence-electron chi connectivity index (χ1n) is 7.06. The molecule has 0 aromatic carbocycles. The summed E-state index contributed by atoms with van der Waals surface area (Å²) in [6.45, 7) is 4.09. The Labute approximate surface area is 108 Å². The van der Waals surface area contributed by atoms with Gasteiger partial charge < -0.3 is 10.4 Å². The lowest BCUT2D eigenvalue weighted by molar-refractivity contribution is -0.146. The molecule has 2 fully saturated rings. The number of rotatable bonds is 5. The van der Waals surface area contributed by atoms with Gasteiger partial charge in [0.05, 0.1) is 11.8 Å². The standard InChI is InChI=1S/C14H23NO3/c1-3-9-6-11(12(7-9)14(17)18)13(16)15-8(2)10-4-5-10/h8-12H,3-7H2,1-2H3,(H,15,16)(H,17,18)/t8?,9?,11-,12+/m0/s1. The van der Waals surface area contributed by atoms with E-state index in [1.165, 1.54) is 12.8 Å². The number of aliphatic carboxylic acids is 1. The first kappa shape index (κ1) is 13.4. The topological polar surface area (TPSA) is 66.4 Å². The molecule has 2 unspecified atom stereocenters. The molecule has 2 saturated carbocycles. The number of carbonyl (C=O) groups is 2. The summed E-state index contributed by atoms with van der Waals surface area (Å²) in [5.74, 6) is -0.670. The van der Waals surface area contributed by atoms with E-state index in [2.05, 4.69) is 12.2 Å². The van der Waals surface area contributed by atoms with Crippen molar-refractivity contribution in [2.75, 3.05) is 0 Å². The fraction of sp³-hybridized carbons (Fsp3) is 0.857. The van der Waals surface area contributed by atoms with E-state index < -0.39 is 11.9 Å². The van der Waals surface area contributed by atoms with Gasteiger partial charge in [-0.1, -0.05) is 13.3 Å². The van der Waals surface area contributed by atoms with Crippen molar-refractivity contribution in [2.24, 2.45) is 23.7 Å². The van der Waals surface area contributed by atoms with Gasteiger partial charge >= 0.3 is 5.97 Å². The molecular weight excluding hydrogens is 230 g/mol. The van der Waals surface area contributed by atoms with Crippen molar-refractivity contribution in [3.8, 4) is 0 Å². The number of carboxylic acids is 1. The van der Waals surface area contributed by atoms with Gasteiger partial charge in [-0.3, -0.25) is 9.59 Å². The fourth-order valence-corrected chi connectivity index (χ4v) is 3.08. The third-order valence-electron chi connectivity index (χ3n) is 4.59. The zero-order chi connectivity index (χ0) is 13.3. The molecule has 4 atom stereocenters. The normalized spacial score (nSPS) is 33.1. The second-order valence-electron chi connectivity index (χ2n) is 5.93. The molecule has 4 nitrogen and oxygen atoms in total. The second-order valence-corrected chi connectivity index (χ2v) is 5.93. The van der Waals surface area contributed by atoms with Gasteiger partial charge in [0.25, 0.3) is 0 Å². The highest BCUT2D eigenvalue weighted by Gasteiger charge is 2.43. The van der Waals surface area contributed by atoms with Crippen molar-refractivity contribution in [2.45, 2.75) is 52.0 Å². The predicted molar refractivity (Wildman–Crippen MR) is 68.0 cm³/mol. The second kappa shape index (κ2) is 5.29. The third kappa shape index (κ3) is 2.85. The molecular formula is C14H23NO3. The van der Waals surface area contributed by atoms with E-state index in [4.69, 9.17) is 0 Å². The Hall–Kier alpha value is -1.06. The minimum absolute atomic E-state index is 0.0437. The summed E-state index contributed by atoms with van der Waals surface area (Å²) < 4.78 is 0. The highest BCUT2D eigenvalue weighted by Crippen LogP contribution is 2.39. The van der Waals surface area contributed by atoms with Gasteiger partial charge in [-0.25, -0.2) is 0 Å². The molecule has 0 radical (unpaired) electrons. The van der Waals surface area contributed by atoms with Crippen LogP contribution in [0.15, 0.2) is 0 Å². The summed E-state index contributed by atoms with van der Waals surface area (Å²) in [6.07, 6.45) is 4.72. The monoisotopic (exact) mass is 253 g/mol. The maximum Gasteiger partial charge on any atom is 0.307 e. The molecule has 4 heteroatoms. The average Bonchev–Trinajstić information content (AvgIpc) is 3.07. The number of hydrogen-bond donors (Lipinski definition) is 2. The average molecular weight is 253 g/mol. The summed E-state index contributed by atoms with van der Waals surface area (Å²) in [5.41, 5.74) is 0. The van der Waals surface area contributed by atoms with Crippen molar-refractivity contribution >= 4 is 11.9 Å². The molecule has 2 aliphatic carbocycles. The number of hydrogen-bond acceptors (Lipinski definition) is 2. The van der Waals surface area contributed by atoms with Crippen LogP contribution < -0.4 is 5.32 Å². The molecule has 2 rings (SSSR count). The Morgan fingerprint density at radius 3 is 2.39 bits per heavy atom. The van der Waals surface area contributed by atoms with Crippen LogP contribution in [0.3, 0.4) is 0 Å². The Bertz CT molecular complexity index is 338. The van der Waals surface area contributed by atoms with Crippen LogP contribution in [0.1, 0.15) is 46.0 Å². The molecule has 2 N–H and O–H groups in total. The first-order chi connectivity index (χ1) is 8.52. The number of nitrogens with one attached hydrogen (secondary N) is 1. The molecule has 2 aliphatic rings. The van der Waals surface area contributed by atoms with Crippen LogP contribution in [0.25, 0.3) is 0 Å². The molecule has 18 heavy (non-hydrogen) atoms. The van der Waals surface area contributed by atoms with E-state index in [0.29, 0.717) is 18.3 Å². The largest absolute Gasteiger partial charge is 0.481 e. The molecule has 0 aromatic heterocycles. The van der Waals surface area contributed by atoms with Gasteiger partial charge in [0, 0.05) is 6.04 Å². The van der Waals surface area contributed by atoms with Gasteiger partial charge in [0.15, 0.2) is 0 Å². The molecule has 0 aliphatic heterocycles. The van der Waals surface area contributed by atoms with Gasteiger partial charge in [-0.05, 0) is 44.4 Å². The minimum atomic E-state index is -0.815. The molecule has 0 spiro atoms. The Kier molecular flexibility index (Phi) is 3.93. The van der Waals surface area contributed by atoms with E-state index >= 15 is 0 Å². The van der Waals surface area contributed by atoms with E-state index in [1.54, 1.807) is 0 Å².